The van der Waals surface area contributed by atoms with E-state index >= 15 is 0 Å². The van der Waals surface area contributed by atoms with E-state index < -0.39 is 31.1 Å². The highest BCUT2D eigenvalue weighted by molar-refractivity contribution is 5.98. The Balaban J connectivity index is 2.20. The van der Waals surface area contributed by atoms with E-state index in [1.807, 2.05) is 0 Å². The second kappa shape index (κ2) is 5.43. The summed E-state index contributed by atoms with van der Waals surface area (Å²) in [6, 6.07) is 0. The monoisotopic (exact) mass is 271 g/mol. The van der Waals surface area contributed by atoms with E-state index in [4.69, 9.17) is 21.0 Å². The number of alkyl halides is 1. The van der Waals surface area contributed by atoms with Crippen molar-refractivity contribution >= 4 is 12.2 Å². The van der Waals surface area contributed by atoms with Crippen LogP contribution in [0.15, 0.2) is 11.2 Å². The lowest BCUT2D eigenvalue weighted by molar-refractivity contribution is -0.0235. The quantitative estimate of drug-likeness (QED) is 0.347. The number of ether oxygens (including phenoxy) is 1. The van der Waals surface area contributed by atoms with Crippen molar-refractivity contribution in [2.45, 2.75) is 24.5 Å². The van der Waals surface area contributed by atoms with Gasteiger partial charge in [-0.05, 0) is 0 Å². The maximum absolute atomic E-state index is 13.8. The smallest absolute Gasteiger partial charge is 0.173 e. The van der Waals surface area contributed by atoms with Gasteiger partial charge in [0.05, 0.1) is 18.5 Å². The summed E-state index contributed by atoms with van der Waals surface area (Å²) >= 11 is 0. The van der Waals surface area contributed by atoms with Crippen LogP contribution in [0.2, 0.25) is 0 Å². The van der Waals surface area contributed by atoms with Gasteiger partial charge >= 0.3 is 0 Å². The Labute approximate surface area is 107 Å². The zero-order valence-electron chi connectivity index (χ0n) is 9.82. The second-order valence-electron chi connectivity index (χ2n) is 4.04. The SMILES string of the molecule is N=CN=C(N)c1ncc([C@@H]2OC(CO)[C@@H](O)[C@H]2F)[nH]1. The fraction of sp³-hybridized carbons (Fsp3) is 0.500. The van der Waals surface area contributed by atoms with Gasteiger partial charge in [0.15, 0.2) is 17.8 Å². The molecule has 1 aromatic rings. The highest BCUT2D eigenvalue weighted by Crippen LogP contribution is 2.34. The van der Waals surface area contributed by atoms with Crippen molar-refractivity contribution in [3.05, 3.63) is 17.7 Å². The summed E-state index contributed by atoms with van der Waals surface area (Å²) in [5.41, 5.74) is 5.79. The van der Waals surface area contributed by atoms with Crippen LogP contribution in [0.25, 0.3) is 0 Å². The van der Waals surface area contributed by atoms with Gasteiger partial charge in [0, 0.05) is 0 Å². The molecule has 4 atom stereocenters. The van der Waals surface area contributed by atoms with Crippen LogP contribution in [-0.2, 0) is 4.74 Å². The molecule has 0 aromatic carbocycles. The Morgan fingerprint density at radius 1 is 1.74 bits per heavy atom. The minimum absolute atomic E-state index is 0.0195. The molecule has 0 amide bonds. The third kappa shape index (κ3) is 2.48. The number of nitrogens with zero attached hydrogens (tertiary/aromatic N) is 2. The molecule has 1 unspecified atom stereocenters. The zero-order valence-corrected chi connectivity index (χ0v) is 9.82. The summed E-state index contributed by atoms with van der Waals surface area (Å²) in [5.74, 6) is 0.158. The highest BCUT2D eigenvalue weighted by atomic mass is 19.1. The van der Waals surface area contributed by atoms with Gasteiger partial charge in [-0.1, -0.05) is 0 Å². The minimum atomic E-state index is -1.67. The number of aliphatic imine (C=N–C) groups is 1. The standard InChI is InChI=1S/C10H14FN5O3/c11-6-7(18)5(2-17)19-8(6)4-1-14-10(16-4)9(13)15-3-12/h1,3,5-8,17-18H,2H2,(H,14,16)(H3,12,13,15)/t5?,6-,7-,8+/m1/s1. The number of rotatable bonds is 4. The molecule has 19 heavy (non-hydrogen) atoms. The molecule has 9 heteroatoms. The van der Waals surface area contributed by atoms with Gasteiger partial charge in [-0.2, -0.15) is 0 Å². The van der Waals surface area contributed by atoms with E-state index in [2.05, 4.69) is 15.0 Å². The Kier molecular flexibility index (Phi) is 3.88. The molecule has 0 spiro atoms. The molecule has 8 nitrogen and oxygen atoms in total. The van der Waals surface area contributed by atoms with Gasteiger partial charge in [0.25, 0.3) is 0 Å². The van der Waals surface area contributed by atoms with Crippen LogP contribution in [0.5, 0.6) is 0 Å². The van der Waals surface area contributed by atoms with E-state index in [-0.39, 0.29) is 17.4 Å². The summed E-state index contributed by atoms with van der Waals surface area (Å²) in [4.78, 5) is 10.1. The topological polar surface area (TPSA) is 141 Å². The van der Waals surface area contributed by atoms with Crippen LogP contribution in [0.1, 0.15) is 17.6 Å². The molecule has 1 fully saturated rings. The number of halogens is 1. The van der Waals surface area contributed by atoms with Crippen molar-refractivity contribution in [3.63, 3.8) is 0 Å². The molecule has 2 rings (SSSR count). The lowest BCUT2D eigenvalue weighted by atomic mass is 10.1. The number of nitrogens with two attached hydrogens (primary N) is 1. The van der Waals surface area contributed by atoms with Crippen LogP contribution in [0.4, 0.5) is 4.39 Å². The van der Waals surface area contributed by atoms with Crippen LogP contribution in [0, 0.1) is 5.41 Å². The number of aromatic nitrogens is 2. The Hall–Kier alpha value is -1.84. The highest BCUT2D eigenvalue weighted by Gasteiger charge is 2.45. The second-order valence-corrected chi connectivity index (χ2v) is 4.04. The molecular weight excluding hydrogens is 257 g/mol. The predicted molar refractivity (Wildman–Crippen MR) is 63.7 cm³/mol. The number of aromatic amines is 1. The van der Waals surface area contributed by atoms with E-state index in [0.29, 0.717) is 0 Å². The van der Waals surface area contributed by atoms with Gasteiger partial charge in [0.2, 0.25) is 0 Å². The first-order valence-corrected chi connectivity index (χ1v) is 5.54. The number of aliphatic hydroxyl groups excluding tert-OH is 2. The summed E-state index contributed by atoms with van der Waals surface area (Å²) in [6.07, 6.45) is -3.03. The summed E-state index contributed by atoms with van der Waals surface area (Å²) in [6.45, 7) is -0.476. The predicted octanol–water partition coefficient (Wildman–Crippen LogP) is -1.15. The van der Waals surface area contributed by atoms with Crippen LogP contribution in [0.3, 0.4) is 0 Å². The van der Waals surface area contributed by atoms with E-state index in [0.717, 1.165) is 6.34 Å². The number of amidine groups is 1. The number of nitrogens with one attached hydrogen (secondary N) is 2. The summed E-state index contributed by atoms with van der Waals surface area (Å²) in [7, 11) is 0. The number of aliphatic hydroxyl groups is 2. The zero-order chi connectivity index (χ0) is 14.0. The van der Waals surface area contributed by atoms with Crippen molar-refractivity contribution < 1.29 is 19.3 Å². The van der Waals surface area contributed by atoms with Gasteiger partial charge in [-0.3, -0.25) is 5.41 Å². The van der Waals surface area contributed by atoms with Gasteiger partial charge in [0.1, 0.15) is 24.7 Å². The third-order valence-corrected chi connectivity index (χ3v) is 2.85. The van der Waals surface area contributed by atoms with E-state index in [1.54, 1.807) is 0 Å². The first-order valence-electron chi connectivity index (χ1n) is 5.54. The Morgan fingerprint density at radius 3 is 3.05 bits per heavy atom. The molecule has 1 aliphatic heterocycles. The van der Waals surface area contributed by atoms with Gasteiger partial charge < -0.3 is 25.7 Å². The average molecular weight is 271 g/mol. The molecular formula is C10H14FN5O3. The van der Waals surface area contributed by atoms with Crippen molar-refractivity contribution in [3.8, 4) is 0 Å². The average Bonchev–Trinajstić information content (AvgIpc) is 2.97. The van der Waals surface area contributed by atoms with Crippen LogP contribution in [-0.4, -0.2) is 57.3 Å². The fourth-order valence-corrected chi connectivity index (χ4v) is 1.86. The van der Waals surface area contributed by atoms with Crippen LogP contribution >= 0.6 is 0 Å². The minimum Gasteiger partial charge on any atom is -0.394 e. The van der Waals surface area contributed by atoms with Gasteiger partial charge in [-0.25, -0.2) is 14.4 Å². The van der Waals surface area contributed by atoms with Crippen molar-refractivity contribution in [2.24, 2.45) is 10.7 Å². The van der Waals surface area contributed by atoms with E-state index in [9.17, 15) is 9.50 Å². The summed E-state index contributed by atoms with van der Waals surface area (Å²) < 4.78 is 19.0. The maximum atomic E-state index is 13.8. The molecule has 1 aliphatic rings. The molecule has 0 saturated carbocycles. The Morgan fingerprint density at radius 2 is 2.47 bits per heavy atom. The molecule has 6 N–H and O–H groups in total. The molecule has 0 aliphatic carbocycles. The first kappa shape index (κ1) is 13.6. The van der Waals surface area contributed by atoms with E-state index in [1.165, 1.54) is 6.20 Å². The number of H-pyrrole nitrogens is 1. The Bertz CT molecular complexity index is 491. The normalized spacial score (nSPS) is 31.6. The molecule has 1 aromatic heterocycles. The molecule has 0 radical (unpaired) electrons. The largest absolute Gasteiger partial charge is 0.394 e. The lowest BCUT2D eigenvalue weighted by Crippen LogP contribution is -2.30. The summed E-state index contributed by atoms with van der Waals surface area (Å²) in [5, 5.41) is 25.2. The number of hydrogen-bond acceptors (Lipinski definition) is 5. The molecule has 104 valence electrons. The maximum Gasteiger partial charge on any atom is 0.173 e. The van der Waals surface area contributed by atoms with Gasteiger partial charge in [-0.15, -0.1) is 0 Å². The third-order valence-electron chi connectivity index (χ3n) is 2.85. The van der Waals surface area contributed by atoms with Crippen molar-refractivity contribution in [1.29, 1.82) is 5.41 Å². The number of imidazole rings is 1. The van der Waals surface area contributed by atoms with Crippen molar-refractivity contribution in [1.82, 2.24) is 9.97 Å². The fourth-order valence-electron chi connectivity index (χ4n) is 1.86. The molecule has 1 saturated heterocycles. The molecule has 2 heterocycles. The molecule has 0 bridgehead atoms. The number of hydrogen-bond donors (Lipinski definition) is 5. The lowest BCUT2D eigenvalue weighted by Gasteiger charge is -2.10. The van der Waals surface area contributed by atoms with Crippen LogP contribution < -0.4 is 5.73 Å². The first-order chi connectivity index (χ1) is 9.08. The van der Waals surface area contributed by atoms with Crippen molar-refractivity contribution in [2.75, 3.05) is 6.61 Å².